The zero-order chi connectivity index (χ0) is 11.7. The SMILES string of the molecule is CC.CC.CCc1ccc2cc[nH]c2c1. The van der Waals surface area contributed by atoms with E-state index >= 15 is 0 Å². The second-order valence-electron chi connectivity index (χ2n) is 2.75. The minimum Gasteiger partial charge on any atom is -0.361 e. The third-order valence-electron chi connectivity index (χ3n) is 2.03. The number of aromatic amines is 1. The highest BCUT2D eigenvalue weighted by Crippen LogP contribution is 2.13. The van der Waals surface area contributed by atoms with Crippen LogP contribution in [0.25, 0.3) is 10.9 Å². The van der Waals surface area contributed by atoms with E-state index in [2.05, 4.69) is 36.2 Å². The van der Waals surface area contributed by atoms with Crippen LogP contribution in [-0.4, -0.2) is 4.98 Å². The Morgan fingerprint density at radius 2 is 1.67 bits per heavy atom. The maximum Gasteiger partial charge on any atom is 0.0456 e. The first-order valence-electron chi connectivity index (χ1n) is 5.96. The van der Waals surface area contributed by atoms with Gasteiger partial charge in [0.15, 0.2) is 0 Å². The molecule has 0 saturated carbocycles. The quantitative estimate of drug-likeness (QED) is 0.689. The maximum atomic E-state index is 3.19. The van der Waals surface area contributed by atoms with Gasteiger partial charge in [0.1, 0.15) is 0 Å². The van der Waals surface area contributed by atoms with Crippen LogP contribution in [0.5, 0.6) is 0 Å². The summed E-state index contributed by atoms with van der Waals surface area (Å²) >= 11 is 0. The first-order chi connectivity index (χ1) is 7.40. The molecule has 0 aliphatic carbocycles. The highest BCUT2D eigenvalue weighted by atomic mass is 14.7. The minimum atomic E-state index is 1.11. The van der Waals surface area contributed by atoms with Gasteiger partial charge in [-0.3, -0.25) is 0 Å². The van der Waals surface area contributed by atoms with Crippen molar-refractivity contribution in [2.75, 3.05) is 0 Å². The van der Waals surface area contributed by atoms with Gasteiger partial charge in [0.05, 0.1) is 0 Å². The van der Waals surface area contributed by atoms with Gasteiger partial charge in [-0.15, -0.1) is 0 Å². The van der Waals surface area contributed by atoms with Crippen LogP contribution in [0.1, 0.15) is 40.2 Å². The Kier molecular flexibility index (Phi) is 7.43. The van der Waals surface area contributed by atoms with E-state index in [1.54, 1.807) is 0 Å². The van der Waals surface area contributed by atoms with Gasteiger partial charge in [-0.1, -0.05) is 46.8 Å². The summed E-state index contributed by atoms with van der Waals surface area (Å²) < 4.78 is 0. The molecule has 0 spiro atoms. The highest BCUT2D eigenvalue weighted by Gasteiger charge is 1.93. The molecular formula is C14H23N. The Hall–Kier alpha value is -1.24. The van der Waals surface area contributed by atoms with E-state index in [9.17, 15) is 0 Å². The molecule has 2 aromatic rings. The Morgan fingerprint density at radius 1 is 1.00 bits per heavy atom. The van der Waals surface area contributed by atoms with Crippen LogP contribution in [0.2, 0.25) is 0 Å². The van der Waals surface area contributed by atoms with Crippen LogP contribution in [0.15, 0.2) is 30.5 Å². The molecule has 1 N–H and O–H groups in total. The molecule has 0 fully saturated rings. The number of aromatic nitrogens is 1. The fourth-order valence-corrected chi connectivity index (χ4v) is 1.31. The number of benzene rings is 1. The molecule has 84 valence electrons. The Balaban J connectivity index is 0.000000442. The van der Waals surface area contributed by atoms with Crippen molar-refractivity contribution in [2.45, 2.75) is 41.0 Å². The van der Waals surface area contributed by atoms with E-state index in [-0.39, 0.29) is 0 Å². The van der Waals surface area contributed by atoms with E-state index in [1.165, 1.54) is 16.5 Å². The predicted molar refractivity (Wildman–Crippen MR) is 70.4 cm³/mol. The smallest absolute Gasteiger partial charge is 0.0456 e. The lowest BCUT2D eigenvalue weighted by molar-refractivity contribution is 1.14. The molecule has 15 heavy (non-hydrogen) atoms. The van der Waals surface area contributed by atoms with Crippen LogP contribution in [-0.2, 0) is 6.42 Å². The van der Waals surface area contributed by atoms with Crippen molar-refractivity contribution in [3.8, 4) is 0 Å². The molecule has 1 aromatic heterocycles. The third kappa shape index (κ3) is 3.78. The van der Waals surface area contributed by atoms with Gasteiger partial charge in [0, 0.05) is 11.7 Å². The van der Waals surface area contributed by atoms with Crippen LogP contribution in [0.4, 0.5) is 0 Å². The number of nitrogens with one attached hydrogen (secondary N) is 1. The number of rotatable bonds is 1. The molecule has 1 nitrogen and oxygen atoms in total. The molecule has 1 heterocycles. The van der Waals surface area contributed by atoms with E-state index in [1.807, 2.05) is 33.9 Å². The average molecular weight is 205 g/mol. The molecule has 1 heteroatoms. The number of hydrogen-bond donors (Lipinski definition) is 1. The van der Waals surface area contributed by atoms with Gasteiger partial charge in [-0.05, 0) is 29.5 Å². The summed E-state index contributed by atoms with van der Waals surface area (Å²) in [5, 5.41) is 1.29. The summed E-state index contributed by atoms with van der Waals surface area (Å²) in [5.41, 5.74) is 2.63. The zero-order valence-corrected chi connectivity index (χ0v) is 10.6. The number of hydrogen-bond acceptors (Lipinski definition) is 0. The number of H-pyrrole nitrogens is 1. The molecule has 0 aliphatic heterocycles. The molecular weight excluding hydrogens is 182 g/mol. The van der Waals surface area contributed by atoms with E-state index < -0.39 is 0 Å². The van der Waals surface area contributed by atoms with Crippen molar-refractivity contribution in [2.24, 2.45) is 0 Å². The molecule has 0 aliphatic rings. The molecule has 0 unspecified atom stereocenters. The van der Waals surface area contributed by atoms with E-state index in [0.717, 1.165) is 6.42 Å². The summed E-state index contributed by atoms with van der Waals surface area (Å²) in [5.74, 6) is 0. The number of aryl methyl sites for hydroxylation is 1. The molecule has 0 amide bonds. The molecule has 0 atom stereocenters. The van der Waals surface area contributed by atoms with Crippen molar-refractivity contribution in [1.82, 2.24) is 4.98 Å². The van der Waals surface area contributed by atoms with Crippen molar-refractivity contribution in [3.63, 3.8) is 0 Å². The topological polar surface area (TPSA) is 15.8 Å². The standard InChI is InChI=1S/C10H11N.2C2H6/c1-2-8-3-4-9-5-6-11-10(9)7-8;2*1-2/h3-7,11H,2H2,1H3;2*1-2H3. The minimum absolute atomic E-state index is 1.11. The van der Waals surface area contributed by atoms with Gasteiger partial charge in [-0.2, -0.15) is 0 Å². The lowest BCUT2D eigenvalue weighted by Crippen LogP contribution is -1.77. The molecule has 1 aromatic carbocycles. The molecule has 0 bridgehead atoms. The first kappa shape index (κ1) is 13.8. The fraction of sp³-hybridized carbons (Fsp3) is 0.429. The monoisotopic (exact) mass is 205 g/mol. The van der Waals surface area contributed by atoms with E-state index in [0.29, 0.717) is 0 Å². The van der Waals surface area contributed by atoms with Crippen molar-refractivity contribution in [3.05, 3.63) is 36.0 Å². The number of fused-ring (bicyclic) bond motifs is 1. The second kappa shape index (κ2) is 8.10. The lowest BCUT2D eigenvalue weighted by atomic mass is 10.1. The summed E-state index contributed by atoms with van der Waals surface area (Å²) in [6.45, 7) is 10.2. The third-order valence-corrected chi connectivity index (χ3v) is 2.03. The summed E-state index contributed by atoms with van der Waals surface area (Å²) in [4.78, 5) is 3.19. The van der Waals surface area contributed by atoms with Crippen molar-refractivity contribution >= 4 is 10.9 Å². The fourth-order valence-electron chi connectivity index (χ4n) is 1.31. The summed E-state index contributed by atoms with van der Waals surface area (Å²) in [7, 11) is 0. The van der Waals surface area contributed by atoms with Crippen LogP contribution in [0.3, 0.4) is 0 Å². The van der Waals surface area contributed by atoms with E-state index in [4.69, 9.17) is 0 Å². The molecule has 2 rings (SSSR count). The first-order valence-corrected chi connectivity index (χ1v) is 5.96. The Bertz CT molecular complexity index is 360. The van der Waals surface area contributed by atoms with Crippen molar-refractivity contribution < 1.29 is 0 Å². The van der Waals surface area contributed by atoms with Crippen LogP contribution >= 0.6 is 0 Å². The van der Waals surface area contributed by atoms with Gasteiger partial charge in [0.2, 0.25) is 0 Å². The second-order valence-corrected chi connectivity index (χ2v) is 2.75. The maximum absolute atomic E-state index is 3.19. The zero-order valence-electron chi connectivity index (χ0n) is 10.6. The molecule has 0 radical (unpaired) electrons. The highest BCUT2D eigenvalue weighted by molar-refractivity contribution is 5.79. The Labute approximate surface area is 93.5 Å². The average Bonchev–Trinajstić information content (AvgIpc) is 2.81. The van der Waals surface area contributed by atoms with Gasteiger partial charge in [0.25, 0.3) is 0 Å². The van der Waals surface area contributed by atoms with Gasteiger partial charge >= 0.3 is 0 Å². The lowest BCUT2D eigenvalue weighted by Gasteiger charge is -1.94. The predicted octanol–water partition coefficient (Wildman–Crippen LogP) is 4.78. The van der Waals surface area contributed by atoms with Crippen LogP contribution in [0, 0.1) is 0 Å². The molecule has 0 saturated heterocycles. The van der Waals surface area contributed by atoms with Crippen LogP contribution < -0.4 is 0 Å². The summed E-state index contributed by atoms with van der Waals surface area (Å²) in [6.07, 6.45) is 3.08. The normalized spacial score (nSPS) is 8.60. The Morgan fingerprint density at radius 3 is 2.27 bits per heavy atom. The summed E-state index contributed by atoms with van der Waals surface area (Å²) in [6, 6.07) is 8.63. The van der Waals surface area contributed by atoms with Gasteiger partial charge < -0.3 is 4.98 Å². The van der Waals surface area contributed by atoms with Crippen molar-refractivity contribution in [1.29, 1.82) is 0 Å². The largest absolute Gasteiger partial charge is 0.361 e. The van der Waals surface area contributed by atoms with Gasteiger partial charge in [-0.25, -0.2) is 0 Å².